The topological polar surface area (TPSA) is 83.5 Å². The number of carboxylic acids is 1. The van der Waals surface area contributed by atoms with Crippen LogP contribution in [0.2, 0.25) is 5.02 Å². The molecule has 4 N–H and O–H groups in total. The number of carbonyl (C=O) groups is 1. The van der Waals surface area contributed by atoms with Gasteiger partial charge in [-0.15, -0.1) is 0 Å². The van der Waals surface area contributed by atoms with Gasteiger partial charge in [0.15, 0.2) is 0 Å². The van der Waals surface area contributed by atoms with Crippen molar-refractivity contribution in [2.75, 3.05) is 6.54 Å². The smallest absolute Gasteiger partial charge is 0.312 e. The molecule has 1 aromatic carbocycles. The second-order valence-electron chi connectivity index (χ2n) is 3.29. The first-order chi connectivity index (χ1) is 6.97. The molecular weight excluding hydrogens is 218 g/mol. The summed E-state index contributed by atoms with van der Waals surface area (Å²) in [5, 5.41) is 18.6. The molecule has 0 spiro atoms. The first-order valence-corrected chi connectivity index (χ1v) is 4.77. The number of halogens is 1. The Kier molecular flexibility index (Phi) is 3.55. The molecule has 5 heteroatoms. The number of nitrogens with two attached hydrogens (primary N) is 1. The molecule has 0 saturated carbocycles. The first kappa shape index (κ1) is 11.8. The third-order valence-corrected chi connectivity index (χ3v) is 2.69. The normalized spacial score (nSPS) is 12.5. The molecule has 0 aliphatic carbocycles. The van der Waals surface area contributed by atoms with E-state index in [0.717, 1.165) is 0 Å². The van der Waals surface area contributed by atoms with E-state index in [-0.39, 0.29) is 12.3 Å². The van der Waals surface area contributed by atoms with Gasteiger partial charge in [0.25, 0.3) is 0 Å². The molecule has 0 aromatic heterocycles. The van der Waals surface area contributed by atoms with Crippen LogP contribution in [-0.4, -0.2) is 22.7 Å². The standard InChI is InChI=1S/C10H12ClNO3/c1-5-2-6(13)3-7(9(5)11)8(4-12)10(14)15/h2-3,8,13H,4,12H2,1H3,(H,14,15). The van der Waals surface area contributed by atoms with E-state index in [9.17, 15) is 9.90 Å². The molecule has 0 radical (unpaired) electrons. The lowest BCUT2D eigenvalue weighted by molar-refractivity contribution is -0.138. The minimum Gasteiger partial charge on any atom is -0.508 e. The van der Waals surface area contributed by atoms with Gasteiger partial charge in [-0.05, 0) is 30.2 Å². The Labute approximate surface area is 92.3 Å². The minimum atomic E-state index is -1.05. The van der Waals surface area contributed by atoms with E-state index in [2.05, 4.69) is 0 Å². The summed E-state index contributed by atoms with van der Waals surface area (Å²) in [6.45, 7) is 1.64. The van der Waals surface area contributed by atoms with Crippen molar-refractivity contribution in [2.24, 2.45) is 5.73 Å². The maximum absolute atomic E-state index is 10.9. The maximum atomic E-state index is 10.9. The van der Waals surface area contributed by atoms with E-state index in [4.69, 9.17) is 22.4 Å². The highest BCUT2D eigenvalue weighted by atomic mass is 35.5. The molecule has 0 fully saturated rings. The molecule has 0 heterocycles. The lowest BCUT2D eigenvalue weighted by atomic mass is 9.97. The molecule has 0 bridgehead atoms. The third kappa shape index (κ3) is 2.40. The van der Waals surface area contributed by atoms with Crippen molar-refractivity contribution >= 4 is 17.6 Å². The fourth-order valence-electron chi connectivity index (χ4n) is 1.39. The van der Waals surface area contributed by atoms with E-state index >= 15 is 0 Å². The largest absolute Gasteiger partial charge is 0.508 e. The molecule has 1 rings (SSSR count). The summed E-state index contributed by atoms with van der Waals surface area (Å²) in [6, 6.07) is 2.81. The third-order valence-electron chi connectivity index (χ3n) is 2.18. The predicted molar refractivity (Wildman–Crippen MR) is 57.3 cm³/mol. The van der Waals surface area contributed by atoms with Crippen LogP contribution >= 0.6 is 11.6 Å². The molecule has 4 nitrogen and oxygen atoms in total. The second-order valence-corrected chi connectivity index (χ2v) is 3.67. The van der Waals surface area contributed by atoms with Crippen LogP contribution in [0.3, 0.4) is 0 Å². The minimum absolute atomic E-state index is 0.00778. The number of benzene rings is 1. The zero-order valence-electron chi connectivity index (χ0n) is 8.20. The zero-order valence-corrected chi connectivity index (χ0v) is 8.95. The van der Waals surface area contributed by atoms with Crippen LogP contribution in [0.5, 0.6) is 5.75 Å². The quantitative estimate of drug-likeness (QED) is 0.733. The van der Waals surface area contributed by atoms with Crippen LogP contribution in [-0.2, 0) is 4.79 Å². The van der Waals surface area contributed by atoms with Crippen molar-refractivity contribution in [1.82, 2.24) is 0 Å². The van der Waals surface area contributed by atoms with Gasteiger partial charge in [0.05, 0.1) is 5.92 Å². The fraction of sp³-hybridized carbons (Fsp3) is 0.300. The van der Waals surface area contributed by atoms with E-state index < -0.39 is 11.9 Å². The van der Waals surface area contributed by atoms with E-state index in [1.807, 2.05) is 0 Å². The highest BCUT2D eigenvalue weighted by molar-refractivity contribution is 6.32. The van der Waals surface area contributed by atoms with Crippen molar-refractivity contribution in [2.45, 2.75) is 12.8 Å². The van der Waals surface area contributed by atoms with Gasteiger partial charge >= 0.3 is 5.97 Å². The van der Waals surface area contributed by atoms with Crippen molar-refractivity contribution in [3.05, 3.63) is 28.3 Å². The Morgan fingerprint density at radius 2 is 2.20 bits per heavy atom. The highest BCUT2D eigenvalue weighted by Crippen LogP contribution is 2.31. The summed E-state index contributed by atoms with van der Waals surface area (Å²) < 4.78 is 0. The predicted octanol–water partition coefficient (Wildman–Crippen LogP) is 1.48. The van der Waals surface area contributed by atoms with Crippen molar-refractivity contribution in [3.63, 3.8) is 0 Å². The number of hydrogen-bond donors (Lipinski definition) is 3. The van der Waals surface area contributed by atoms with Crippen LogP contribution < -0.4 is 5.73 Å². The fourth-order valence-corrected chi connectivity index (χ4v) is 1.63. The lowest BCUT2D eigenvalue weighted by Crippen LogP contribution is -2.21. The number of phenolic OH excluding ortho intramolecular Hbond substituents is 1. The van der Waals surface area contributed by atoms with E-state index in [0.29, 0.717) is 16.1 Å². The highest BCUT2D eigenvalue weighted by Gasteiger charge is 2.22. The average molecular weight is 230 g/mol. The Morgan fingerprint density at radius 3 is 2.67 bits per heavy atom. The molecule has 82 valence electrons. The van der Waals surface area contributed by atoms with Gasteiger partial charge in [0, 0.05) is 11.6 Å². The summed E-state index contributed by atoms with van der Waals surface area (Å²) in [7, 11) is 0. The lowest BCUT2D eigenvalue weighted by Gasteiger charge is -2.13. The number of carboxylic acid groups (broad SMARTS) is 1. The Hall–Kier alpha value is -1.26. The van der Waals surface area contributed by atoms with Gasteiger partial charge in [-0.25, -0.2) is 0 Å². The molecule has 0 aliphatic rings. The zero-order chi connectivity index (χ0) is 11.6. The van der Waals surface area contributed by atoms with Gasteiger partial charge < -0.3 is 15.9 Å². The summed E-state index contributed by atoms with van der Waals surface area (Å²) in [5.41, 5.74) is 6.34. The molecule has 0 aliphatic heterocycles. The average Bonchev–Trinajstić information content (AvgIpc) is 2.13. The van der Waals surface area contributed by atoms with Crippen LogP contribution in [0.25, 0.3) is 0 Å². The number of rotatable bonds is 3. The second kappa shape index (κ2) is 4.51. The van der Waals surface area contributed by atoms with Crippen molar-refractivity contribution in [3.8, 4) is 5.75 Å². The van der Waals surface area contributed by atoms with Crippen LogP contribution in [0.15, 0.2) is 12.1 Å². The van der Waals surface area contributed by atoms with E-state index in [1.54, 1.807) is 6.92 Å². The molecule has 0 saturated heterocycles. The maximum Gasteiger partial charge on any atom is 0.312 e. The van der Waals surface area contributed by atoms with Gasteiger partial charge in [-0.1, -0.05) is 11.6 Å². The summed E-state index contributed by atoms with van der Waals surface area (Å²) >= 11 is 5.95. The summed E-state index contributed by atoms with van der Waals surface area (Å²) in [6.07, 6.45) is 0. The first-order valence-electron chi connectivity index (χ1n) is 4.39. The summed E-state index contributed by atoms with van der Waals surface area (Å²) in [5.74, 6) is -1.95. The van der Waals surface area contributed by atoms with Crippen molar-refractivity contribution < 1.29 is 15.0 Å². The van der Waals surface area contributed by atoms with Crippen LogP contribution in [0.1, 0.15) is 17.0 Å². The molecule has 1 aromatic rings. The van der Waals surface area contributed by atoms with Gasteiger partial charge in [0.1, 0.15) is 5.75 Å². The van der Waals surface area contributed by atoms with Gasteiger partial charge in [-0.3, -0.25) is 4.79 Å². The van der Waals surface area contributed by atoms with Crippen molar-refractivity contribution in [1.29, 1.82) is 0 Å². The number of phenols is 1. The Balaban J connectivity index is 3.28. The molecular formula is C10H12ClNO3. The van der Waals surface area contributed by atoms with Gasteiger partial charge in [0.2, 0.25) is 0 Å². The Bertz CT molecular complexity index is 392. The molecule has 15 heavy (non-hydrogen) atoms. The number of aliphatic carboxylic acids is 1. The molecule has 1 atom stereocenters. The van der Waals surface area contributed by atoms with Gasteiger partial charge in [-0.2, -0.15) is 0 Å². The molecule has 0 amide bonds. The monoisotopic (exact) mass is 229 g/mol. The van der Waals surface area contributed by atoms with Crippen LogP contribution in [0, 0.1) is 6.92 Å². The number of aryl methyl sites for hydroxylation is 1. The Morgan fingerprint density at radius 1 is 1.60 bits per heavy atom. The van der Waals surface area contributed by atoms with Crippen LogP contribution in [0.4, 0.5) is 0 Å². The summed E-state index contributed by atoms with van der Waals surface area (Å²) in [4.78, 5) is 10.9. The van der Waals surface area contributed by atoms with E-state index in [1.165, 1.54) is 12.1 Å². The number of hydrogen-bond acceptors (Lipinski definition) is 3. The number of aromatic hydroxyl groups is 1. The SMILES string of the molecule is Cc1cc(O)cc(C(CN)C(=O)O)c1Cl. The molecule has 1 unspecified atom stereocenters.